The predicted molar refractivity (Wildman–Crippen MR) is 118 cm³/mol. The van der Waals surface area contributed by atoms with E-state index in [1.807, 2.05) is 62.4 Å². The molecular formula is C21H32N4O3S. The Morgan fingerprint density at radius 1 is 1.41 bits per heavy atom. The van der Waals surface area contributed by atoms with Crippen LogP contribution in [-0.2, 0) is 11.3 Å². The summed E-state index contributed by atoms with van der Waals surface area (Å²) in [6.45, 7) is 7.81. The lowest BCUT2D eigenvalue weighted by atomic mass is 10.2. The maximum absolute atomic E-state index is 10.3. The molecule has 8 heteroatoms. The summed E-state index contributed by atoms with van der Waals surface area (Å²) >= 11 is 1.59. The van der Waals surface area contributed by atoms with Gasteiger partial charge in [0, 0.05) is 26.1 Å². The molecule has 0 fully saturated rings. The van der Waals surface area contributed by atoms with Crippen LogP contribution in [0.5, 0.6) is 5.75 Å². The Balaban J connectivity index is 1.90. The summed E-state index contributed by atoms with van der Waals surface area (Å²) in [4.78, 5) is 11.2. The minimum Gasteiger partial charge on any atom is -0.491 e. The number of aliphatic hydroxyl groups is 1. The Bertz CT molecular complexity index is 781. The van der Waals surface area contributed by atoms with Crippen LogP contribution in [0.3, 0.4) is 0 Å². The van der Waals surface area contributed by atoms with Crippen molar-refractivity contribution in [3.8, 4) is 5.75 Å². The van der Waals surface area contributed by atoms with E-state index in [0.717, 1.165) is 34.5 Å². The van der Waals surface area contributed by atoms with Crippen LogP contribution in [0, 0.1) is 6.92 Å². The molecule has 1 aromatic heterocycles. The van der Waals surface area contributed by atoms with Crippen LogP contribution >= 0.6 is 11.3 Å². The van der Waals surface area contributed by atoms with Crippen molar-refractivity contribution in [3.63, 3.8) is 0 Å². The summed E-state index contributed by atoms with van der Waals surface area (Å²) in [7, 11) is 3.64. The monoisotopic (exact) mass is 420 g/mol. The number of nitrogens with zero attached hydrogens (tertiary/aromatic N) is 3. The zero-order valence-electron chi connectivity index (χ0n) is 17.9. The van der Waals surface area contributed by atoms with E-state index in [4.69, 9.17) is 9.47 Å². The van der Waals surface area contributed by atoms with Crippen molar-refractivity contribution in [3.05, 3.63) is 45.9 Å². The number of methoxy groups -OCH3 is 1. The van der Waals surface area contributed by atoms with Crippen molar-refractivity contribution in [1.82, 2.24) is 15.2 Å². The number of aliphatic hydroxyl groups excluding tert-OH is 1. The molecule has 0 amide bonds. The van der Waals surface area contributed by atoms with Crippen LogP contribution in [0.4, 0.5) is 0 Å². The molecule has 2 aromatic rings. The standard InChI is InChI=1S/C21H32N4O3S/c1-6-22-21(25(4)12-17-14-29-20(24-17)16(3)27-5)23-11-18(26)13-28-19-9-7-8-15(2)10-19/h7-10,14,16,18,26H,6,11-13H2,1-5H3,(H,22,23). The molecular weight excluding hydrogens is 388 g/mol. The van der Waals surface area contributed by atoms with Crippen LogP contribution in [0.1, 0.15) is 36.2 Å². The number of benzene rings is 1. The molecule has 0 saturated carbocycles. The highest BCUT2D eigenvalue weighted by atomic mass is 32.1. The van der Waals surface area contributed by atoms with Gasteiger partial charge < -0.3 is 24.8 Å². The van der Waals surface area contributed by atoms with Crippen molar-refractivity contribution < 1.29 is 14.6 Å². The summed E-state index contributed by atoms with van der Waals surface area (Å²) < 4.78 is 11.0. The first kappa shape index (κ1) is 23.1. The Morgan fingerprint density at radius 2 is 2.21 bits per heavy atom. The van der Waals surface area contributed by atoms with Gasteiger partial charge in [-0.1, -0.05) is 12.1 Å². The quantitative estimate of drug-likeness (QED) is 0.454. The Hall–Kier alpha value is -2.16. The van der Waals surface area contributed by atoms with E-state index < -0.39 is 6.10 Å². The average molecular weight is 421 g/mol. The highest BCUT2D eigenvalue weighted by Crippen LogP contribution is 2.21. The SMILES string of the molecule is CCNC(=NCC(O)COc1cccc(C)c1)N(C)Cc1csc(C(C)OC)n1. The zero-order valence-corrected chi connectivity index (χ0v) is 18.7. The molecule has 0 radical (unpaired) electrons. The van der Waals surface area contributed by atoms with Gasteiger partial charge in [-0.15, -0.1) is 11.3 Å². The third-order valence-electron chi connectivity index (χ3n) is 4.25. The summed E-state index contributed by atoms with van der Waals surface area (Å²) in [5, 5.41) is 16.5. The summed E-state index contributed by atoms with van der Waals surface area (Å²) in [5.74, 6) is 1.47. The molecule has 1 aromatic carbocycles. The number of hydrogen-bond acceptors (Lipinski definition) is 6. The molecule has 2 atom stereocenters. The number of ether oxygens (including phenoxy) is 2. The number of rotatable bonds is 10. The fourth-order valence-corrected chi connectivity index (χ4v) is 3.45. The molecule has 1 heterocycles. The third-order valence-corrected chi connectivity index (χ3v) is 5.30. The molecule has 160 valence electrons. The molecule has 0 bridgehead atoms. The van der Waals surface area contributed by atoms with Crippen LogP contribution in [0.2, 0.25) is 0 Å². The molecule has 0 aliphatic heterocycles. The van der Waals surface area contributed by atoms with Crippen LogP contribution in [-0.4, -0.2) is 60.9 Å². The first-order valence-electron chi connectivity index (χ1n) is 9.77. The van der Waals surface area contributed by atoms with Gasteiger partial charge in [-0.05, 0) is 38.5 Å². The fourth-order valence-electron chi connectivity index (χ4n) is 2.61. The van der Waals surface area contributed by atoms with Gasteiger partial charge in [0.25, 0.3) is 0 Å². The molecule has 0 spiro atoms. The molecule has 29 heavy (non-hydrogen) atoms. The summed E-state index contributed by atoms with van der Waals surface area (Å²) in [6, 6.07) is 7.77. The minimum atomic E-state index is -0.689. The van der Waals surface area contributed by atoms with E-state index >= 15 is 0 Å². The summed E-state index contributed by atoms with van der Waals surface area (Å²) in [5.41, 5.74) is 2.08. The van der Waals surface area contributed by atoms with Gasteiger partial charge in [-0.25, -0.2) is 4.98 Å². The lowest BCUT2D eigenvalue weighted by Crippen LogP contribution is -2.39. The van der Waals surface area contributed by atoms with E-state index in [1.54, 1.807) is 18.4 Å². The topological polar surface area (TPSA) is 79.2 Å². The molecule has 2 unspecified atom stereocenters. The number of hydrogen-bond donors (Lipinski definition) is 2. The lowest BCUT2D eigenvalue weighted by Gasteiger charge is -2.21. The Labute approximate surface area is 177 Å². The van der Waals surface area contributed by atoms with Crippen LogP contribution in [0.15, 0.2) is 34.6 Å². The fraction of sp³-hybridized carbons (Fsp3) is 0.524. The highest BCUT2D eigenvalue weighted by Gasteiger charge is 2.13. The largest absolute Gasteiger partial charge is 0.491 e. The van der Waals surface area contributed by atoms with Crippen LogP contribution in [0.25, 0.3) is 0 Å². The number of nitrogens with one attached hydrogen (secondary N) is 1. The van der Waals surface area contributed by atoms with E-state index in [0.29, 0.717) is 6.54 Å². The van der Waals surface area contributed by atoms with Crippen molar-refractivity contribution in [1.29, 1.82) is 0 Å². The number of aliphatic imine (C=N–C) groups is 1. The van der Waals surface area contributed by atoms with Crippen molar-refractivity contribution in [2.75, 3.05) is 33.9 Å². The minimum absolute atomic E-state index is 0.00971. The molecule has 0 aliphatic rings. The molecule has 2 N–H and O–H groups in total. The maximum Gasteiger partial charge on any atom is 0.194 e. The molecule has 2 rings (SSSR count). The smallest absolute Gasteiger partial charge is 0.194 e. The normalized spacial score (nSPS) is 13.8. The van der Waals surface area contributed by atoms with Gasteiger partial charge in [0.2, 0.25) is 0 Å². The first-order valence-corrected chi connectivity index (χ1v) is 10.6. The van der Waals surface area contributed by atoms with E-state index in [1.165, 1.54) is 0 Å². The van der Waals surface area contributed by atoms with Gasteiger partial charge in [0.05, 0.1) is 18.8 Å². The highest BCUT2D eigenvalue weighted by molar-refractivity contribution is 7.09. The van der Waals surface area contributed by atoms with Gasteiger partial charge in [-0.2, -0.15) is 0 Å². The van der Waals surface area contributed by atoms with Crippen LogP contribution < -0.4 is 10.1 Å². The second-order valence-corrected chi connectivity index (χ2v) is 7.78. The summed E-state index contributed by atoms with van der Waals surface area (Å²) in [6.07, 6.45) is -0.699. The molecule has 0 saturated heterocycles. The average Bonchev–Trinajstić information content (AvgIpc) is 3.17. The lowest BCUT2D eigenvalue weighted by molar-refractivity contribution is 0.114. The maximum atomic E-state index is 10.3. The van der Waals surface area contributed by atoms with Gasteiger partial charge in [0.15, 0.2) is 5.96 Å². The van der Waals surface area contributed by atoms with Gasteiger partial charge in [0.1, 0.15) is 29.6 Å². The Kier molecular flexibility index (Phi) is 9.37. The van der Waals surface area contributed by atoms with Gasteiger partial charge in [-0.3, -0.25) is 4.99 Å². The number of aromatic nitrogens is 1. The number of guanidine groups is 1. The Morgan fingerprint density at radius 3 is 2.90 bits per heavy atom. The van der Waals surface area contributed by atoms with E-state index in [-0.39, 0.29) is 19.3 Å². The first-order chi connectivity index (χ1) is 13.9. The third kappa shape index (κ3) is 7.64. The van der Waals surface area contributed by atoms with Crippen molar-refractivity contribution >= 4 is 17.3 Å². The molecule has 7 nitrogen and oxygen atoms in total. The molecule has 0 aliphatic carbocycles. The van der Waals surface area contributed by atoms with Crippen molar-refractivity contribution in [2.45, 2.75) is 39.5 Å². The second-order valence-electron chi connectivity index (χ2n) is 6.89. The van der Waals surface area contributed by atoms with Gasteiger partial charge >= 0.3 is 0 Å². The van der Waals surface area contributed by atoms with Crippen molar-refractivity contribution in [2.24, 2.45) is 4.99 Å². The zero-order chi connectivity index (χ0) is 21.2. The van der Waals surface area contributed by atoms with E-state index in [2.05, 4.69) is 15.3 Å². The number of thiazole rings is 1. The second kappa shape index (κ2) is 11.7. The van der Waals surface area contributed by atoms with E-state index in [9.17, 15) is 5.11 Å². The number of aryl methyl sites for hydroxylation is 1. The predicted octanol–water partition coefficient (Wildman–Crippen LogP) is 3.00.